The number of likely N-dealkylation sites (N-methyl/N-ethyl adjacent to an activating group) is 1. The van der Waals surface area contributed by atoms with Crippen LogP contribution in [0.4, 0.5) is 10.1 Å². The Morgan fingerprint density at radius 3 is 2.71 bits per heavy atom. The number of aromatic amines is 2. The molecule has 6 rings (SSSR count). The van der Waals surface area contributed by atoms with E-state index in [-0.39, 0.29) is 11.6 Å². The van der Waals surface area contributed by atoms with Gasteiger partial charge in [-0.15, -0.1) is 0 Å². The fourth-order valence-corrected chi connectivity index (χ4v) is 4.53. The fraction of sp³-hybridized carbons (Fsp3) is 0.143. The number of hydrogen-bond donors (Lipinski definition) is 4. The van der Waals surface area contributed by atoms with Crippen molar-refractivity contribution < 1.29 is 9.50 Å². The third kappa shape index (κ3) is 4.53. The molecule has 0 aliphatic carbocycles. The van der Waals surface area contributed by atoms with Gasteiger partial charge >= 0.3 is 0 Å². The summed E-state index contributed by atoms with van der Waals surface area (Å²) in [6.07, 6.45) is 6.44. The zero-order chi connectivity index (χ0) is 26.2. The lowest BCUT2D eigenvalue weighted by molar-refractivity contribution is 0.425. The summed E-state index contributed by atoms with van der Waals surface area (Å²) < 4.78 is 14.6. The van der Waals surface area contributed by atoms with Crippen molar-refractivity contribution in [2.45, 2.75) is 0 Å². The van der Waals surface area contributed by atoms with Gasteiger partial charge in [0.1, 0.15) is 22.9 Å². The van der Waals surface area contributed by atoms with E-state index in [0.717, 1.165) is 45.3 Å². The van der Waals surface area contributed by atoms with Crippen molar-refractivity contribution in [1.82, 2.24) is 35.0 Å². The van der Waals surface area contributed by atoms with Crippen molar-refractivity contribution >= 4 is 27.6 Å². The lowest BCUT2D eigenvalue weighted by Crippen LogP contribution is -2.20. The van der Waals surface area contributed by atoms with Crippen molar-refractivity contribution in [3.8, 4) is 39.5 Å². The molecule has 0 aliphatic rings. The molecule has 4 N–H and O–H groups in total. The third-order valence-electron chi connectivity index (χ3n) is 6.35. The van der Waals surface area contributed by atoms with E-state index >= 15 is 0 Å². The lowest BCUT2D eigenvalue weighted by Gasteiger charge is -2.13. The number of nitrogens with one attached hydrogen (secondary N) is 3. The molecule has 190 valence electrons. The number of pyridine rings is 3. The standard InChI is InChI=1S/C28H25FN8O/c1-37(2)6-5-31-19-8-16(7-18(29)10-19)21-3-4-32-28-22(21)11-25(34-28)27-23-12-24(33-15-26(23)35-36-27)17-9-20(38)14-30-13-17/h3-4,7-15,31,38H,5-6H2,1-2H3,(H,32,34)(H,35,36). The molecule has 0 unspecified atom stereocenters. The highest BCUT2D eigenvalue weighted by Crippen LogP contribution is 2.35. The minimum atomic E-state index is -0.310. The molecule has 10 heteroatoms. The largest absolute Gasteiger partial charge is 0.506 e. The first-order valence-electron chi connectivity index (χ1n) is 12.1. The number of hydrogen-bond acceptors (Lipinski definition) is 7. The normalized spacial score (nSPS) is 11.6. The van der Waals surface area contributed by atoms with E-state index in [1.54, 1.807) is 24.7 Å². The number of anilines is 1. The quantitative estimate of drug-likeness (QED) is 0.238. The van der Waals surface area contributed by atoms with Gasteiger partial charge in [0.25, 0.3) is 0 Å². The number of aromatic nitrogens is 6. The highest BCUT2D eigenvalue weighted by molar-refractivity contribution is 6.00. The molecule has 0 aliphatic heterocycles. The van der Waals surface area contributed by atoms with Crippen LogP contribution in [0.3, 0.4) is 0 Å². The van der Waals surface area contributed by atoms with Crippen LogP contribution in [0.25, 0.3) is 55.7 Å². The van der Waals surface area contributed by atoms with Crippen LogP contribution < -0.4 is 5.32 Å². The predicted octanol–water partition coefficient (Wildman–Crippen LogP) is 5.05. The fourth-order valence-electron chi connectivity index (χ4n) is 4.53. The van der Waals surface area contributed by atoms with Gasteiger partial charge in [0.2, 0.25) is 0 Å². The van der Waals surface area contributed by atoms with Gasteiger partial charge in [-0.3, -0.25) is 15.1 Å². The van der Waals surface area contributed by atoms with E-state index in [9.17, 15) is 9.50 Å². The van der Waals surface area contributed by atoms with Crippen LogP contribution in [0.15, 0.2) is 67.3 Å². The second-order valence-corrected chi connectivity index (χ2v) is 9.38. The summed E-state index contributed by atoms with van der Waals surface area (Å²) in [5.41, 5.74) is 6.60. The SMILES string of the molecule is CN(C)CCNc1cc(F)cc(-c2ccnc3[nH]c(-c4n[nH]c5cnc(-c6cncc(O)c6)cc45)cc23)c1. The minimum Gasteiger partial charge on any atom is -0.506 e. The molecular weight excluding hydrogens is 483 g/mol. The Kier molecular flexibility index (Phi) is 5.93. The number of rotatable bonds is 7. The van der Waals surface area contributed by atoms with Crippen molar-refractivity contribution in [3.05, 3.63) is 73.1 Å². The zero-order valence-corrected chi connectivity index (χ0v) is 20.8. The third-order valence-corrected chi connectivity index (χ3v) is 6.35. The molecule has 0 bridgehead atoms. The van der Waals surface area contributed by atoms with Crippen molar-refractivity contribution in [3.63, 3.8) is 0 Å². The number of fused-ring (bicyclic) bond motifs is 2. The topological polar surface area (TPSA) is 119 Å². The monoisotopic (exact) mass is 508 g/mol. The zero-order valence-electron chi connectivity index (χ0n) is 20.8. The summed E-state index contributed by atoms with van der Waals surface area (Å²) in [5, 5.41) is 22.4. The summed E-state index contributed by atoms with van der Waals surface area (Å²) in [7, 11) is 4.00. The van der Waals surface area contributed by atoms with Crippen LogP contribution in [0.1, 0.15) is 0 Å². The first-order chi connectivity index (χ1) is 18.4. The maximum Gasteiger partial charge on any atom is 0.138 e. The molecule has 0 amide bonds. The van der Waals surface area contributed by atoms with E-state index in [2.05, 4.69) is 40.3 Å². The summed E-state index contributed by atoms with van der Waals surface area (Å²) in [6.45, 7) is 1.54. The number of aromatic hydroxyl groups is 1. The first-order valence-corrected chi connectivity index (χ1v) is 12.1. The van der Waals surface area contributed by atoms with Gasteiger partial charge in [0, 0.05) is 47.5 Å². The van der Waals surface area contributed by atoms with Gasteiger partial charge in [0.15, 0.2) is 0 Å². The van der Waals surface area contributed by atoms with E-state index in [1.807, 2.05) is 38.4 Å². The molecule has 9 nitrogen and oxygen atoms in total. The molecule has 0 saturated carbocycles. The van der Waals surface area contributed by atoms with Gasteiger partial charge in [-0.25, -0.2) is 9.37 Å². The second kappa shape index (κ2) is 9.56. The van der Waals surface area contributed by atoms with Gasteiger partial charge in [-0.1, -0.05) is 0 Å². The Hall–Kier alpha value is -4.83. The van der Waals surface area contributed by atoms with E-state index in [0.29, 0.717) is 29.1 Å². The number of halogens is 1. The molecule has 0 fully saturated rings. The molecule has 38 heavy (non-hydrogen) atoms. The molecular formula is C28H25FN8O. The van der Waals surface area contributed by atoms with Crippen molar-refractivity contribution in [2.75, 3.05) is 32.5 Å². The van der Waals surface area contributed by atoms with Gasteiger partial charge in [-0.2, -0.15) is 5.10 Å². The smallest absolute Gasteiger partial charge is 0.138 e. The molecule has 0 atom stereocenters. The number of nitrogens with zero attached hydrogens (tertiary/aromatic N) is 5. The second-order valence-electron chi connectivity index (χ2n) is 9.38. The maximum atomic E-state index is 14.6. The molecule has 0 radical (unpaired) electrons. The van der Waals surface area contributed by atoms with Crippen LogP contribution >= 0.6 is 0 Å². The highest BCUT2D eigenvalue weighted by Gasteiger charge is 2.16. The molecule has 0 spiro atoms. The Bertz CT molecular complexity index is 1770. The molecule has 1 aromatic carbocycles. The Labute approximate surface area is 217 Å². The molecule has 5 heterocycles. The van der Waals surface area contributed by atoms with Crippen molar-refractivity contribution in [2.24, 2.45) is 0 Å². The van der Waals surface area contributed by atoms with Gasteiger partial charge < -0.3 is 20.3 Å². The summed E-state index contributed by atoms with van der Waals surface area (Å²) in [6, 6.07) is 12.4. The van der Waals surface area contributed by atoms with Crippen LogP contribution in [0, 0.1) is 5.82 Å². The molecule has 6 aromatic rings. The summed E-state index contributed by atoms with van der Waals surface area (Å²) in [5.74, 6) is -0.241. The average Bonchev–Trinajstić information content (AvgIpc) is 3.51. The average molecular weight is 509 g/mol. The van der Waals surface area contributed by atoms with E-state index in [1.165, 1.54) is 18.3 Å². The molecule has 0 saturated heterocycles. The Morgan fingerprint density at radius 2 is 1.87 bits per heavy atom. The van der Waals surface area contributed by atoms with Gasteiger partial charge in [0.05, 0.1) is 29.3 Å². The van der Waals surface area contributed by atoms with E-state index in [4.69, 9.17) is 0 Å². The van der Waals surface area contributed by atoms with E-state index < -0.39 is 0 Å². The Balaban J connectivity index is 1.40. The first kappa shape index (κ1) is 23.6. The van der Waals surface area contributed by atoms with Crippen LogP contribution in [0.5, 0.6) is 5.75 Å². The van der Waals surface area contributed by atoms with Crippen LogP contribution in [0.2, 0.25) is 0 Å². The predicted molar refractivity (Wildman–Crippen MR) is 146 cm³/mol. The highest BCUT2D eigenvalue weighted by atomic mass is 19.1. The minimum absolute atomic E-state index is 0.0689. The summed E-state index contributed by atoms with van der Waals surface area (Å²) in [4.78, 5) is 18.5. The summed E-state index contributed by atoms with van der Waals surface area (Å²) >= 11 is 0. The number of H-pyrrole nitrogens is 2. The van der Waals surface area contributed by atoms with Gasteiger partial charge in [-0.05, 0) is 67.7 Å². The van der Waals surface area contributed by atoms with Crippen LogP contribution in [-0.2, 0) is 0 Å². The number of benzene rings is 1. The van der Waals surface area contributed by atoms with Crippen molar-refractivity contribution in [1.29, 1.82) is 0 Å². The maximum absolute atomic E-state index is 14.6. The van der Waals surface area contributed by atoms with Crippen LogP contribution in [-0.4, -0.2) is 67.3 Å². The lowest BCUT2D eigenvalue weighted by atomic mass is 10.0. The molecule has 5 aromatic heterocycles. The Morgan fingerprint density at radius 1 is 0.974 bits per heavy atom.